The van der Waals surface area contributed by atoms with Crippen molar-refractivity contribution in [1.29, 1.82) is 0 Å². The van der Waals surface area contributed by atoms with Crippen molar-refractivity contribution in [3.05, 3.63) is 45.2 Å². The van der Waals surface area contributed by atoms with E-state index in [-0.39, 0.29) is 31.5 Å². The van der Waals surface area contributed by atoms with Crippen LogP contribution in [0.1, 0.15) is 5.56 Å². The largest absolute Gasteiger partial charge is 0.398 e. The summed E-state index contributed by atoms with van der Waals surface area (Å²) in [6, 6.07) is 4.15. The highest BCUT2D eigenvalue weighted by Crippen LogP contribution is 2.33. The van der Waals surface area contributed by atoms with Gasteiger partial charge in [-0.2, -0.15) is 0 Å². The summed E-state index contributed by atoms with van der Waals surface area (Å²) in [5.41, 5.74) is 6.52. The molecule has 2 rings (SSSR count). The Kier molecular flexibility index (Phi) is 4.53. The third kappa shape index (κ3) is 3.52. The number of halogens is 3. The maximum absolute atomic E-state index is 12.4. The summed E-state index contributed by atoms with van der Waals surface area (Å²) in [5.74, 6) is 0. The summed E-state index contributed by atoms with van der Waals surface area (Å²) in [5, 5.41) is 0.184. The van der Waals surface area contributed by atoms with Crippen molar-refractivity contribution in [3.8, 4) is 0 Å². The molecule has 9 heteroatoms. The van der Waals surface area contributed by atoms with Gasteiger partial charge in [-0.25, -0.2) is 13.4 Å². The molecule has 3 N–H and O–H groups in total. The lowest BCUT2D eigenvalue weighted by Crippen LogP contribution is -2.16. The van der Waals surface area contributed by atoms with E-state index >= 15 is 0 Å². The zero-order valence-electron chi connectivity index (χ0n) is 10.7. The van der Waals surface area contributed by atoms with Crippen LogP contribution in [0.2, 0.25) is 15.2 Å². The lowest BCUT2D eigenvalue weighted by Gasteiger charge is -2.13. The molecule has 0 spiro atoms. The predicted octanol–water partition coefficient (Wildman–Crippen LogP) is 3.73. The van der Waals surface area contributed by atoms with Crippen LogP contribution in [-0.4, -0.2) is 13.4 Å². The van der Waals surface area contributed by atoms with Crippen molar-refractivity contribution < 1.29 is 8.42 Å². The lowest BCUT2D eigenvalue weighted by atomic mass is 10.3. The summed E-state index contributed by atoms with van der Waals surface area (Å²) in [7, 11) is -4.02. The van der Waals surface area contributed by atoms with E-state index in [1.165, 1.54) is 18.3 Å². The van der Waals surface area contributed by atoms with Gasteiger partial charge in [-0.3, -0.25) is 4.72 Å². The Balaban J connectivity index is 2.51. The number of pyridine rings is 1. The highest BCUT2D eigenvalue weighted by atomic mass is 35.5. The second kappa shape index (κ2) is 5.88. The van der Waals surface area contributed by atoms with E-state index in [1.54, 1.807) is 13.0 Å². The van der Waals surface area contributed by atoms with Gasteiger partial charge in [0.25, 0.3) is 10.0 Å². The van der Waals surface area contributed by atoms with E-state index in [9.17, 15) is 8.42 Å². The number of nitrogen functional groups attached to an aromatic ring is 1. The van der Waals surface area contributed by atoms with E-state index in [0.29, 0.717) is 0 Å². The van der Waals surface area contributed by atoms with Gasteiger partial charge in [-0.05, 0) is 30.7 Å². The van der Waals surface area contributed by atoms with E-state index in [4.69, 9.17) is 40.5 Å². The quantitative estimate of drug-likeness (QED) is 0.640. The molecule has 0 saturated carbocycles. The van der Waals surface area contributed by atoms with E-state index in [0.717, 1.165) is 5.56 Å². The van der Waals surface area contributed by atoms with Gasteiger partial charge in [0.1, 0.15) is 4.90 Å². The maximum atomic E-state index is 12.4. The second-order valence-electron chi connectivity index (χ2n) is 4.26. The smallest absolute Gasteiger partial charge is 0.265 e. The number of nitrogens with two attached hydrogens (primary N) is 1. The van der Waals surface area contributed by atoms with E-state index in [2.05, 4.69) is 9.71 Å². The molecular weight excluding hydrogens is 357 g/mol. The van der Waals surface area contributed by atoms with E-state index in [1.807, 2.05) is 0 Å². The first kappa shape index (κ1) is 16.2. The van der Waals surface area contributed by atoms with Gasteiger partial charge in [0, 0.05) is 11.2 Å². The fourth-order valence-electron chi connectivity index (χ4n) is 1.68. The van der Waals surface area contributed by atoms with Gasteiger partial charge in [0.15, 0.2) is 5.15 Å². The third-order valence-corrected chi connectivity index (χ3v) is 4.94. The third-order valence-electron chi connectivity index (χ3n) is 2.53. The molecule has 0 saturated heterocycles. The normalized spacial score (nSPS) is 11.4. The lowest BCUT2D eigenvalue weighted by molar-refractivity contribution is 0.601. The fraction of sp³-hybridized carbons (Fsp3) is 0.0833. The molecule has 0 aliphatic heterocycles. The number of sulfonamides is 1. The minimum absolute atomic E-state index is 0.0211. The molecule has 0 unspecified atom stereocenters. The Labute approximate surface area is 137 Å². The standard InChI is InChI=1S/C12H10Cl3N3O2S/c1-6-2-10(12(15)17-5-6)18-21(19,20)11-8(14)3-7(13)4-9(11)16/h2-5,18H,16H2,1H3. The van der Waals surface area contributed by atoms with Gasteiger partial charge in [0.05, 0.1) is 16.4 Å². The van der Waals surface area contributed by atoms with Gasteiger partial charge in [-0.1, -0.05) is 34.8 Å². The topological polar surface area (TPSA) is 85.1 Å². The Hall–Kier alpha value is -1.21. The molecule has 112 valence electrons. The van der Waals surface area contributed by atoms with Crippen LogP contribution in [0.3, 0.4) is 0 Å². The van der Waals surface area contributed by atoms with Crippen LogP contribution < -0.4 is 10.5 Å². The molecule has 0 fully saturated rings. The predicted molar refractivity (Wildman–Crippen MR) is 85.7 cm³/mol. The molecule has 1 heterocycles. The zero-order valence-corrected chi connectivity index (χ0v) is 13.8. The van der Waals surface area contributed by atoms with Crippen LogP contribution >= 0.6 is 34.8 Å². The van der Waals surface area contributed by atoms with Crippen LogP contribution in [0.4, 0.5) is 11.4 Å². The molecule has 0 radical (unpaired) electrons. The van der Waals surface area contributed by atoms with Gasteiger partial charge < -0.3 is 5.73 Å². The summed E-state index contributed by atoms with van der Waals surface area (Å²) in [6.07, 6.45) is 1.52. The molecule has 0 amide bonds. The molecule has 0 bridgehead atoms. The van der Waals surface area contributed by atoms with Crippen LogP contribution in [0.5, 0.6) is 0 Å². The van der Waals surface area contributed by atoms with Gasteiger partial charge >= 0.3 is 0 Å². The molecule has 1 aromatic heterocycles. The Morgan fingerprint density at radius 1 is 1.19 bits per heavy atom. The molecule has 0 atom stereocenters. The summed E-state index contributed by atoms with van der Waals surface area (Å²) < 4.78 is 27.1. The minimum atomic E-state index is -4.02. The monoisotopic (exact) mass is 365 g/mol. The number of nitrogens with one attached hydrogen (secondary N) is 1. The number of rotatable bonds is 3. The van der Waals surface area contributed by atoms with Crippen molar-refractivity contribution in [1.82, 2.24) is 4.98 Å². The minimum Gasteiger partial charge on any atom is -0.398 e. The van der Waals surface area contributed by atoms with Crippen molar-refractivity contribution in [2.24, 2.45) is 0 Å². The molecule has 0 aliphatic carbocycles. The van der Waals surface area contributed by atoms with Crippen molar-refractivity contribution >= 4 is 56.2 Å². The van der Waals surface area contributed by atoms with Crippen LogP contribution in [0.15, 0.2) is 29.3 Å². The van der Waals surface area contributed by atoms with Gasteiger partial charge in [0.2, 0.25) is 0 Å². The first-order valence-electron chi connectivity index (χ1n) is 5.60. The Bertz CT molecular complexity index is 786. The maximum Gasteiger partial charge on any atom is 0.265 e. The van der Waals surface area contributed by atoms with Crippen LogP contribution in [0.25, 0.3) is 0 Å². The molecule has 2 aromatic rings. The number of aromatic nitrogens is 1. The number of anilines is 2. The number of aryl methyl sites for hydroxylation is 1. The van der Waals surface area contributed by atoms with Crippen LogP contribution in [0, 0.1) is 6.92 Å². The van der Waals surface area contributed by atoms with Gasteiger partial charge in [-0.15, -0.1) is 0 Å². The van der Waals surface area contributed by atoms with Crippen LogP contribution in [-0.2, 0) is 10.0 Å². The number of hydrogen-bond acceptors (Lipinski definition) is 4. The number of hydrogen-bond donors (Lipinski definition) is 2. The summed E-state index contributed by atoms with van der Waals surface area (Å²) in [4.78, 5) is 3.61. The fourth-order valence-corrected chi connectivity index (χ4v) is 3.94. The summed E-state index contributed by atoms with van der Waals surface area (Å²) in [6.45, 7) is 1.75. The highest BCUT2D eigenvalue weighted by molar-refractivity contribution is 7.93. The van der Waals surface area contributed by atoms with Crippen molar-refractivity contribution in [2.45, 2.75) is 11.8 Å². The molecular formula is C12H10Cl3N3O2S. The average Bonchev–Trinajstić information content (AvgIpc) is 2.31. The second-order valence-corrected chi connectivity index (χ2v) is 7.08. The number of benzene rings is 1. The highest BCUT2D eigenvalue weighted by Gasteiger charge is 2.23. The first-order valence-corrected chi connectivity index (χ1v) is 8.22. The first-order chi connectivity index (χ1) is 9.70. The Morgan fingerprint density at radius 2 is 1.86 bits per heavy atom. The average molecular weight is 367 g/mol. The summed E-state index contributed by atoms with van der Waals surface area (Å²) >= 11 is 17.6. The van der Waals surface area contributed by atoms with Crippen molar-refractivity contribution in [2.75, 3.05) is 10.5 Å². The zero-order chi connectivity index (χ0) is 15.8. The Morgan fingerprint density at radius 3 is 2.48 bits per heavy atom. The SMILES string of the molecule is Cc1cnc(Cl)c(NS(=O)(=O)c2c(N)cc(Cl)cc2Cl)c1. The molecule has 0 aliphatic rings. The molecule has 5 nitrogen and oxygen atoms in total. The van der Waals surface area contributed by atoms with E-state index < -0.39 is 10.0 Å². The number of nitrogens with zero attached hydrogens (tertiary/aromatic N) is 1. The molecule has 21 heavy (non-hydrogen) atoms. The molecule has 1 aromatic carbocycles. The van der Waals surface area contributed by atoms with Crippen molar-refractivity contribution in [3.63, 3.8) is 0 Å².